The molecule has 3 rings (SSSR count). The zero-order valence-electron chi connectivity index (χ0n) is 13.8. The lowest BCUT2D eigenvalue weighted by atomic mass is 9.71. The quantitative estimate of drug-likeness (QED) is 0.782. The monoisotopic (exact) mass is 438 g/mol. The number of carboxylic acids is 1. The number of hydrogen-bond acceptors (Lipinski definition) is 3. The number of rotatable bonds is 3. The Morgan fingerprint density at radius 1 is 1.25 bits per heavy atom. The zero-order valence-corrected chi connectivity index (χ0v) is 17.0. The molecule has 0 radical (unpaired) electrons. The summed E-state index contributed by atoms with van der Waals surface area (Å²) in [6.07, 6.45) is 1.99. The van der Waals surface area contributed by atoms with Gasteiger partial charge in [-0.15, -0.1) is 24.8 Å². The van der Waals surface area contributed by atoms with Gasteiger partial charge in [0.1, 0.15) is 0 Å². The van der Waals surface area contributed by atoms with E-state index in [1.165, 1.54) is 5.56 Å². The first-order chi connectivity index (χ1) is 10.5. The minimum atomic E-state index is -0.622. The van der Waals surface area contributed by atoms with E-state index < -0.39 is 5.97 Å². The average Bonchev–Trinajstić information content (AvgIpc) is 2.83. The normalized spacial score (nSPS) is 23.5. The van der Waals surface area contributed by atoms with Crippen molar-refractivity contribution in [2.75, 3.05) is 33.2 Å². The maximum atomic E-state index is 11.8. The number of nitrogens with zero attached hydrogens (tertiary/aromatic N) is 2. The van der Waals surface area contributed by atoms with E-state index in [2.05, 4.69) is 44.9 Å². The Morgan fingerprint density at radius 2 is 1.83 bits per heavy atom. The molecule has 0 aromatic heterocycles. The Balaban J connectivity index is 0.00000144. The Bertz CT molecular complexity index is 548. The maximum Gasteiger partial charge on any atom is 0.308 e. The summed E-state index contributed by atoms with van der Waals surface area (Å²) in [7, 11) is 2.12. The minimum absolute atomic E-state index is 0. The fourth-order valence-electron chi connectivity index (χ4n) is 3.95. The molecule has 1 spiro atoms. The molecule has 7 heteroatoms. The summed E-state index contributed by atoms with van der Waals surface area (Å²) >= 11 is 3.45. The molecule has 1 aromatic rings. The molecule has 1 atom stereocenters. The Morgan fingerprint density at radius 3 is 2.38 bits per heavy atom. The number of piperidine rings is 1. The van der Waals surface area contributed by atoms with Crippen molar-refractivity contribution in [3.05, 3.63) is 34.3 Å². The van der Waals surface area contributed by atoms with Gasteiger partial charge in [0.05, 0.1) is 5.92 Å². The third-order valence-electron chi connectivity index (χ3n) is 5.32. The third kappa shape index (κ3) is 4.64. The van der Waals surface area contributed by atoms with Crippen LogP contribution >= 0.6 is 40.7 Å². The first-order valence-electron chi connectivity index (χ1n) is 7.87. The van der Waals surface area contributed by atoms with Gasteiger partial charge in [-0.05, 0) is 50.7 Å². The highest BCUT2D eigenvalue weighted by Crippen LogP contribution is 2.45. The van der Waals surface area contributed by atoms with E-state index in [9.17, 15) is 9.90 Å². The van der Waals surface area contributed by atoms with Crippen molar-refractivity contribution in [3.63, 3.8) is 0 Å². The summed E-state index contributed by atoms with van der Waals surface area (Å²) in [4.78, 5) is 16.4. The molecule has 0 aliphatic carbocycles. The van der Waals surface area contributed by atoms with Crippen LogP contribution in [0.1, 0.15) is 18.4 Å². The standard InChI is InChI=1S/C17H23BrN2O2.2ClH/c1-19-8-6-17(7-9-19)12-20(11-15(17)16(21)22)10-13-2-4-14(18)5-3-13;;/h2-5,15H,6-12H2,1H3,(H,21,22);2*1H. The lowest BCUT2D eigenvalue weighted by Gasteiger charge is -2.40. The first kappa shape index (κ1) is 21.7. The van der Waals surface area contributed by atoms with Crippen LogP contribution in [0.2, 0.25) is 0 Å². The summed E-state index contributed by atoms with van der Waals surface area (Å²) in [5, 5.41) is 9.67. The topological polar surface area (TPSA) is 43.8 Å². The minimum Gasteiger partial charge on any atom is -0.481 e. The van der Waals surface area contributed by atoms with Crippen molar-refractivity contribution in [2.45, 2.75) is 19.4 Å². The third-order valence-corrected chi connectivity index (χ3v) is 5.85. The Hall–Kier alpha value is -0.330. The van der Waals surface area contributed by atoms with Gasteiger partial charge in [-0.2, -0.15) is 0 Å². The van der Waals surface area contributed by atoms with E-state index in [-0.39, 0.29) is 36.1 Å². The van der Waals surface area contributed by atoms with E-state index in [1.807, 2.05) is 12.1 Å². The van der Waals surface area contributed by atoms with Crippen LogP contribution in [-0.4, -0.2) is 54.1 Å². The highest BCUT2D eigenvalue weighted by atomic mass is 79.9. The molecule has 2 saturated heterocycles. The molecule has 2 heterocycles. The number of benzene rings is 1. The van der Waals surface area contributed by atoms with Crippen LogP contribution < -0.4 is 0 Å². The molecule has 2 aliphatic rings. The molecule has 24 heavy (non-hydrogen) atoms. The van der Waals surface area contributed by atoms with Gasteiger partial charge >= 0.3 is 5.97 Å². The van der Waals surface area contributed by atoms with Crippen molar-refractivity contribution in [3.8, 4) is 0 Å². The van der Waals surface area contributed by atoms with Gasteiger partial charge in [0, 0.05) is 29.5 Å². The smallest absolute Gasteiger partial charge is 0.308 e. The van der Waals surface area contributed by atoms with Crippen LogP contribution in [0, 0.1) is 11.3 Å². The summed E-state index contributed by atoms with van der Waals surface area (Å²) in [5.41, 5.74) is 1.21. The van der Waals surface area contributed by atoms with E-state index in [4.69, 9.17) is 0 Å². The average molecular weight is 440 g/mol. The van der Waals surface area contributed by atoms with Crippen LogP contribution in [0.5, 0.6) is 0 Å². The van der Waals surface area contributed by atoms with Crippen LogP contribution in [-0.2, 0) is 11.3 Å². The van der Waals surface area contributed by atoms with Gasteiger partial charge in [-0.3, -0.25) is 9.69 Å². The van der Waals surface area contributed by atoms with Crippen LogP contribution in [0.25, 0.3) is 0 Å². The first-order valence-corrected chi connectivity index (χ1v) is 8.66. The summed E-state index contributed by atoms with van der Waals surface area (Å²) < 4.78 is 1.08. The van der Waals surface area contributed by atoms with Crippen LogP contribution in [0.15, 0.2) is 28.7 Å². The number of carbonyl (C=O) groups is 1. The number of likely N-dealkylation sites (tertiary alicyclic amines) is 2. The van der Waals surface area contributed by atoms with Gasteiger partial charge < -0.3 is 10.0 Å². The van der Waals surface area contributed by atoms with E-state index >= 15 is 0 Å². The molecular weight excluding hydrogens is 415 g/mol. The molecule has 0 saturated carbocycles. The molecule has 2 fully saturated rings. The molecule has 2 aliphatic heterocycles. The van der Waals surface area contributed by atoms with Crippen LogP contribution in [0.3, 0.4) is 0 Å². The van der Waals surface area contributed by atoms with Gasteiger partial charge in [0.2, 0.25) is 0 Å². The summed E-state index contributed by atoms with van der Waals surface area (Å²) in [6.45, 7) is 4.45. The largest absolute Gasteiger partial charge is 0.481 e. The fourth-order valence-corrected chi connectivity index (χ4v) is 4.22. The SMILES string of the molecule is CN1CCC2(CC1)CN(Cc1ccc(Br)cc1)CC2C(=O)O.Cl.Cl. The van der Waals surface area contributed by atoms with Crippen LogP contribution in [0.4, 0.5) is 0 Å². The van der Waals surface area contributed by atoms with Crippen molar-refractivity contribution >= 4 is 46.7 Å². The Labute approximate surface area is 164 Å². The Kier molecular flexibility index (Phi) is 8.01. The molecule has 4 nitrogen and oxygen atoms in total. The second kappa shape index (κ2) is 8.86. The lowest BCUT2D eigenvalue weighted by molar-refractivity contribution is -0.145. The number of halogens is 3. The fraction of sp³-hybridized carbons (Fsp3) is 0.588. The van der Waals surface area contributed by atoms with E-state index in [1.54, 1.807) is 0 Å². The second-order valence-electron chi connectivity index (χ2n) is 6.85. The van der Waals surface area contributed by atoms with Gasteiger partial charge in [-0.1, -0.05) is 28.1 Å². The predicted molar refractivity (Wildman–Crippen MR) is 104 cm³/mol. The highest BCUT2D eigenvalue weighted by molar-refractivity contribution is 9.10. The number of aliphatic carboxylic acids is 1. The van der Waals surface area contributed by atoms with Gasteiger partial charge in [-0.25, -0.2) is 0 Å². The molecule has 1 unspecified atom stereocenters. The highest BCUT2D eigenvalue weighted by Gasteiger charge is 2.50. The molecular formula is C17H25BrCl2N2O2. The van der Waals surface area contributed by atoms with Crippen molar-refractivity contribution in [1.82, 2.24) is 9.80 Å². The van der Waals surface area contributed by atoms with E-state index in [0.717, 1.165) is 43.5 Å². The number of carboxylic acid groups (broad SMARTS) is 1. The molecule has 0 amide bonds. The van der Waals surface area contributed by atoms with Gasteiger partial charge in [0.15, 0.2) is 0 Å². The second-order valence-corrected chi connectivity index (χ2v) is 7.77. The lowest BCUT2D eigenvalue weighted by Crippen LogP contribution is -2.44. The number of hydrogen-bond donors (Lipinski definition) is 1. The molecule has 0 bridgehead atoms. The molecule has 136 valence electrons. The summed E-state index contributed by atoms with van der Waals surface area (Å²) in [5.74, 6) is -0.848. The van der Waals surface area contributed by atoms with Crippen molar-refractivity contribution < 1.29 is 9.90 Å². The molecule has 1 aromatic carbocycles. The maximum absolute atomic E-state index is 11.8. The predicted octanol–water partition coefficient (Wildman–Crippen LogP) is 3.52. The zero-order chi connectivity index (χ0) is 15.7. The van der Waals surface area contributed by atoms with E-state index in [0.29, 0.717) is 6.54 Å². The molecule has 1 N–H and O–H groups in total. The van der Waals surface area contributed by atoms with Gasteiger partial charge in [0.25, 0.3) is 0 Å². The van der Waals surface area contributed by atoms with Crippen molar-refractivity contribution in [1.29, 1.82) is 0 Å². The van der Waals surface area contributed by atoms with Crippen molar-refractivity contribution in [2.24, 2.45) is 11.3 Å². The summed E-state index contributed by atoms with van der Waals surface area (Å²) in [6, 6.07) is 8.32.